The van der Waals surface area contributed by atoms with Crippen molar-refractivity contribution in [2.45, 2.75) is 19.8 Å². The second-order valence-corrected chi connectivity index (χ2v) is 5.86. The summed E-state index contributed by atoms with van der Waals surface area (Å²) in [6, 6.07) is 5.30. The van der Waals surface area contributed by atoms with Crippen LogP contribution in [-0.4, -0.2) is 31.9 Å². The fraction of sp³-hybridized carbons (Fsp3) is 0.467. The third-order valence-corrected chi connectivity index (χ3v) is 3.85. The van der Waals surface area contributed by atoms with Crippen molar-refractivity contribution in [1.29, 1.82) is 0 Å². The Labute approximate surface area is 141 Å². The van der Waals surface area contributed by atoms with E-state index in [9.17, 15) is 4.79 Å². The number of amides is 1. The number of amidine groups is 1. The first-order valence-electron chi connectivity index (χ1n) is 7.14. The molecule has 0 saturated carbocycles. The lowest BCUT2D eigenvalue weighted by Gasteiger charge is -2.13. The van der Waals surface area contributed by atoms with E-state index >= 15 is 0 Å². The number of carbonyl (C=O) groups is 1. The highest BCUT2D eigenvalue weighted by Crippen LogP contribution is 2.25. The molecule has 1 aromatic carbocycles. The molecule has 0 aromatic heterocycles. The van der Waals surface area contributed by atoms with Gasteiger partial charge in [0.2, 0.25) is 5.91 Å². The molecule has 0 bridgehead atoms. The molecular formula is C15H22Cl2N4O. The Morgan fingerprint density at radius 1 is 1.36 bits per heavy atom. The van der Waals surface area contributed by atoms with Gasteiger partial charge in [-0.25, -0.2) is 4.99 Å². The van der Waals surface area contributed by atoms with Gasteiger partial charge in [0.25, 0.3) is 0 Å². The van der Waals surface area contributed by atoms with E-state index in [0.717, 1.165) is 18.7 Å². The van der Waals surface area contributed by atoms with Crippen LogP contribution in [0.1, 0.15) is 19.8 Å². The molecule has 1 amide bonds. The summed E-state index contributed by atoms with van der Waals surface area (Å²) in [4.78, 5) is 15.6. The van der Waals surface area contributed by atoms with Gasteiger partial charge in [-0.15, -0.1) is 0 Å². The van der Waals surface area contributed by atoms with Gasteiger partial charge in [0, 0.05) is 24.6 Å². The molecule has 1 atom stereocenters. The fourth-order valence-corrected chi connectivity index (χ4v) is 2.01. The van der Waals surface area contributed by atoms with Gasteiger partial charge < -0.3 is 16.4 Å². The zero-order valence-electron chi connectivity index (χ0n) is 12.8. The molecule has 0 heterocycles. The van der Waals surface area contributed by atoms with Gasteiger partial charge >= 0.3 is 0 Å². The van der Waals surface area contributed by atoms with E-state index in [2.05, 4.69) is 15.6 Å². The lowest BCUT2D eigenvalue weighted by molar-refractivity contribution is -0.117. The molecule has 0 aliphatic heterocycles. The molecule has 1 aromatic rings. The molecule has 0 aliphatic carbocycles. The van der Waals surface area contributed by atoms with E-state index in [1.807, 2.05) is 20.0 Å². The third-order valence-electron chi connectivity index (χ3n) is 3.11. The number of benzene rings is 1. The molecule has 7 heteroatoms. The number of hydrogen-bond donors (Lipinski definition) is 3. The van der Waals surface area contributed by atoms with Crippen molar-refractivity contribution in [2.24, 2.45) is 16.6 Å². The highest BCUT2D eigenvalue weighted by Gasteiger charge is 2.09. The van der Waals surface area contributed by atoms with Crippen LogP contribution in [0.4, 0.5) is 5.69 Å². The zero-order chi connectivity index (χ0) is 16.5. The van der Waals surface area contributed by atoms with Crippen LogP contribution in [0.2, 0.25) is 10.0 Å². The maximum Gasteiger partial charge on any atom is 0.247 e. The van der Waals surface area contributed by atoms with E-state index in [1.165, 1.54) is 0 Å². The van der Waals surface area contributed by atoms with Gasteiger partial charge in [0.05, 0.1) is 10.0 Å². The number of hydrogen-bond acceptors (Lipinski definition) is 3. The van der Waals surface area contributed by atoms with Crippen molar-refractivity contribution in [2.75, 3.05) is 25.5 Å². The number of nitrogens with zero attached hydrogens (tertiary/aromatic N) is 1. The van der Waals surface area contributed by atoms with E-state index in [0.29, 0.717) is 28.8 Å². The Balaban J connectivity index is 2.47. The average molecular weight is 345 g/mol. The molecule has 0 aliphatic rings. The molecule has 1 unspecified atom stereocenters. The predicted molar refractivity (Wildman–Crippen MR) is 93.9 cm³/mol. The Hall–Kier alpha value is -1.30. The van der Waals surface area contributed by atoms with Gasteiger partial charge in [-0.05, 0) is 38.2 Å². The molecule has 0 fully saturated rings. The number of halogens is 2. The summed E-state index contributed by atoms with van der Waals surface area (Å²) >= 11 is 11.8. The number of rotatable bonds is 8. The molecule has 122 valence electrons. The monoisotopic (exact) mass is 344 g/mol. The third kappa shape index (κ3) is 6.64. The number of aliphatic imine (C=N–C) groups is 1. The molecule has 5 nitrogen and oxygen atoms in total. The van der Waals surface area contributed by atoms with E-state index in [4.69, 9.17) is 28.9 Å². The van der Waals surface area contributed by atoms with Crippen molar-refractivity contribution in [3.63, 3.8) is 0 Å². The van der Waals surface area contributed by atoms with E-state index in [1.54, 1.807) is 12.1 Å². The largest absolute Gasteiger partial charge is 0.387 e. The van der Waals surface area contributed by atoms with Crippen molar-refractivity contribution >= 4 is 40.6 Å². The van der Waals surface area contributed by atoms with Crippen LogP contribution in [0.15, 0.2) is 23.2 Å². The second-order valence-electron chi connectivity index (χ2n) is 5.05. The average Bonchev–Trinajstić information content (AvgIpc) is 2.48. The molecule has 4 N–H and O–H groups in total. The minimum Gasteiger partial charge on any atom is -0.387 e. The normalized spacial score (nSPS) is 13.0. The predicted octanol–water partition coefficient (Wildman–Crippen LogP) is 2.92. The maximum absolute atomic E-state index is 11.6. The maximum atomic E-state index is 11.6. The van der Waals surface area contributed by atoms with Crippen molar-refractivity contribution < 1.29 is 4.79 Å². The standard InChI is InChI=1S/C15H22Cl2N4O/c1-10(15(18)21-14(22)4-3-7-19-2)9-20-11-5-6-12(16)13(17)8-11/h5-6,8,10,19-20H,3-4,7,9H2,1-2H3,(H2,18,21,22). The quantitative estimate of drug-likeness (QED) is 0.384. The Morgan fingerprint density at radius 2 is 2.09 bits per heavy atom. The van der Waals surface area contributed by atoms with E-state index in [-0.39, 0.29) is 11.8 Å². The smallest absolute Gasteiger partial charge is 0.247 e. The summed E-state index contributed by atoms with van der Waals surface area (Å²) in [7, 11) is 1.85. The van der Waals surface area contributed by atoms with Gasteiger partial charge in [-0.1, -0.05) is 30.1 Å². The minimum absolute atomic E-state index is 0.0669. The van der Waals surface area contributed by atoms with Gasteiger partial charge in [-0.2, -0.15) is 0 Å². The first kappa shape index (κ1) is 18.7. The summed E-state index contributed by atoms with van der Waals surface area (Å²) in [5, 5.41) is 7.17. The fourth-order valence-electron chi connectivity index (χ4n) is 1.71. The Morgan fingerprint density at radius 3 is 2.73 bits per heavy atom. The summed E-state index contributed by atoms with van der Waals surface area (Å²) < 4.78 is 0. The van der Waals surface area contributed by atoms with Gasteiger partial charge in [0.15, 0.2) is 0 Å². The molecule has 0 radical (unpaired) electrons. The van der Waals surface area contributed by atoms with Crippen molar-refractivity contribution in [3.05, 3.63) is 28.2 Å². The molecule has 1 rings (SSSR count). The number of nitrogens with one attached hydrogen (secondary N) is 2. The lowest BCUT2D eigenvalue weighted by Crippen LogP contribution is -2.28. The van der Waals surface area contributed by atoms with E-state index < -0.39 is 0 Å². The highest BCUT2D eigenvalue weighted by molar-refractivity contribution is 6.42. The van der Waals surface area contributed by atoms with Crippen LogP contribution in [0.5, 0.6) is 0 Å². The molecule has 22 heavy (non-hydrogen) atoms. The second kappa shape index (κ2) is 9.66. The van der Waals surface area contributed by atoms with Crippen LogP contribution in [0.3, 0.4) is 0 Å². The SMILES string of the molecule is CNCCCC(=O)N=C(N)C(C)CNc1ccc(Cl)c(Cl)c1. The van der Waals surface area contributed by atoms with Crippen LogP contribution < -0.4 is 16.4 Å². The van der Waals surface area contributed by atoms with Crippen LogP contribution >= 0.6 is 23.2 Å². The van der Waals surface area contributed by atoms with Crippen molar-refractivity contribution in [3.8, 4) is 0 Å². The zero-order valence-corrected chi connectivity index (χ0v) is 14.3. The topological polar surface area (TPSA) is 79.5 Å². The first-order chi connectivity index (χ1) is 10.4. The minimum atomic E-state index is -0.186. The van der Waals surface area contributed by atoms with Gasteiger partial charge in [0.1, 0.15) is 5.84 Å². The van der Waals surface area contributed by atoms with Crippen molar-refractivity contribution in [1.82, 2.24) is 5.32 Å². The van der Waals surface area contributed by atoms with Crippen LogP contribution in [0, 0.1) is 5.92 Å². The highest BCUT2D eigenvalue weighted by atomic mass is 35.5. The Kier molecular flexibility index (Phi) is 8.24. The van der Waals surface area contributed by atoms with Gasteiger partial charge in [-0.3, -0.25) is 4.79 Å². The lowest BCUT2D eigenvalue weighted by atomic mass is 10.1. The first-order valence-corrected chi connectivity index (χ1v) is 7.90. The number of carbonyl (C=O) groups excluding carboxylic acids is 1. The summed E-state index contributed by atoms with van der Waals surface area (Å²) in [6.07, 6.45) is 1.15. The molecule has 0 spiro atoms. The van der Waals surface area contributed by atoms with Crippen LogP contribution in [-0.2, 0) is 4.79 Å². The summed E-state index contributed by atoms with van der Waals surface area (Å²) in [5.41, 5.74) is 6.71. The molecule has 0 saturated heterocycles. The number of anilines is 1. The summed E-state index contributed by atoms with van der Waals surface area (Å²) in [5.74, 6) is 0.0823. The molecular weight excluding hydrogens is 323 g/mol. The van der Waals surface area contributed by atoms with Crippen LogP contribution in [0.25, 0.3) is 0 Å². The summed E-state index contributed by atoms with van der Waals surface area (Å²) in [6.45, 7) is 3.25. The Bertz CT molecular complexity index is 534. The number of nitrogens with two attached hydrogens (primary N) is 1.